The summed E-state index contributed by atoms with van der Waals surface area (Å²) in [5, 5.41) is 4.64. The van der Waals surface area contributed by atoms with Crippen molar-refractivity contribution in [1.29, 1.82) is 0 Å². The number of hydrogen-bond acceptors (Lipinski definition) is 8. The van der Waals surface area contributed by atoms with Crippen molar-refractivity contribution in [3.8, 4) is 16.3 Å². The van der Waals surface area contributed by atoms with E-state index in [2.05, 4.69) is 15.3 Å². The molecular formula is C20H17N3O5S. The predicted octanol–water partition coefficient (Wildman–Crippen LogP) is 2.26. The highest BCUT2D eigenvalue weighted by atomic mass is 32.1. The average molecular weight is 411 g/mol. The highest BCUT2D eigenvalue weighted by molar-refractivity contribution is 7.13. The Morgan fingerprint density at radius 1 is 1.14 bits per heavy atom. The first-order chi connectivity index (χ1) is 14.1. The third-order valence-corrected chi connectivity index (χ3v) is 4.69. The molecule has 0 aliphatic carbocycles. The van der Waals surface area contributed by atoms with Gasteiger partial charge in [-0.3, -0.25) is 24.7 Å². The van der Waals surface area contributed by atoms with Crippen molar-refractivity contribution in [1.82, 2.24) is 15.3 Å². The second-order valence-corrected chi connectivity index (χ2v) is 6.66. The molecule has 0 saturated heterocycles. The summed E-state index contributed by atoms with van der Waals surface area (Å²) in [5.74, 6) is -1.65. The lowest BCUT2D eigenvalue weighted by Crippen LogP contribution is -2.34. The van der Waals surface area contributed by atoms with E-state index in [1.54, 1.807) is 42.0 Å². The van der Waals surface area contributed by atoms with Crippen LogP contribution in [0.1, 0.15) is 16.1 Å². The zero-order valence-electron chi connectivity index (χ0n) is 15.5. The Hall–Kier alpha value is -3.59. The third kappa shape index (κ3) is 5.45. The molecule has 0 bridgehead atoms. The number of pyridine rings is 1. The van der Waals surface area contributed by atoms with Gasteiger partial charge in [0.2, 0.25) is 0 Å². The van der Waals surface area contributed by atoms with E-state index < -0.39 is 24.4 Å². The molecule has 1 aromatic carbocycles. The number of nitrogens with zero attached hydrogens (tertiary/aromatic N) is 2. The maximum atomic E-state index is 12.1. The number of esters is 1. The maximum Gasteiger partial charge on any atom is 0.312 e. The lowest BCUT2D eigenvalue weighted by molar-refractivity contribution is -0.147. The van der Waals surface area contributed by atoms with Crippen LogP contribution in [0.3, 0.4) is 0 Å². The number of hydrogen-bond donors (Lipinski definition) is 1. The van der Waals surface area contributed by atoms with Gasteiger partial charge in [0.25, 0.3) is 11.8 Å². The van der Waals surface area contributed by atoms with Gasteiger partial charge in [0, 0.05) is 23.3 Å². The lowest BCUT2D eigenvalue weighted by Gasteiger charge is -2.08. The standard InChI is InChI=1S/C20H17N3O5S/c1-27-16-7-3-2-6-15(16)19(26)23-17(24)11-28-18(25)9-14-12-29-20(22-14)13-5-4-8-21-10-13/h2-8,10,12H,9,11H2,1H3,(H,23,24,26). The van der Waals surface area contributed by atoms with Gasteiger partial charge in [-0.15, -0.1) is 11.3 Å². The summed E-state index contributed by atoms with van der Waals surface area (Å²) in [6, 6.07) is 10.2. The number of carbonyl (C=O) groups excluding carboxylic acids is 3. The van der Waals surface area contributed by atoms with E-state index in [1.807, 2.05) is 6.07 Å². The zero-order valence-corrected chi connectivity index (χ0v) is 16.3. The molecule has 9 heteroatoms. The summed E-state index contributed by atoms with van der Waals surface area (Å²) in [7, 11) is 1.42. The minimum atomic E-state index is -0.733. The summed E-state index contributed by atoms with van der Waals surface area (Å²) in [6.07, 6.45) is 3.27. The Kier molecular flexibility index (Phi) is 6.64. The van der Waals surface area contributed by atoms with Crippen LogP contribution < -0.4 is 10.1 Å². The summed E-state index contributed by atoms with van der Waals surface area (Å²) < 4.78 is 10.0. The molecule has 0 aliphatic heterocycles. The summed E-state index contributed by atoms with van der Waals surface area (Å²) in [6.45, 7) is -0.570. The van der Waals surface area contributed by atoms with E-state index in [0.29, 0.717) is 11.4 Å². The largest absolute Gasteiger partial charge is 0.496 e. The molecule has 8 nitrogen and oxygen atoms in total. The van der Waals surface area contributed by atoms with Crippen molar-refractivity contribution in [3.05, 3.63) is 65.4 Å². The van der Waals surface area contributed by atoms with Crippen molar-refractivity contribution in [2.24, 2.45) is 0 Å². The maximum absolute atomic E-state index is 12.1. The molecule has 148 valence electrons. The number of rotatable bonds is 7. The van der Waals surface area contributed by atoms with Crippen LogP contribution in [-0.4, -0.2) is 41.5 Å². The van der Waals surface area contributed by atoms with Gasteiger partial charge in [-0.05, 0) is 24.3 Å². The number of para-hydroxylation sites is 1. The smallest absolute Gasteiger partial charge is 0.312 e. The molecule has 3 aromatic rings. The van der Waals surface area contributed by atoms with Crippen molar-refractivity contribution in [2.45, 2.75) is 6.42 Å². The summed E-state index contributed by atoms with van der Waals surface area (Å²) >= 11 is 1.38. The van der Waals surface area contributed by atoms with Crippen LogP contribution in [0.15, 0.2) is 54.2 Å². The van der Waals surface area contributed by atoms with E-state index in [9.17, 15) is 14.4 Å². The number of methoxy groups -OCH3 is 1. The Bertz CT molecular complexity index is 1020. The van der Waals surface area contributed by atoms with Gasteiger partial charge in [-0.2, -0.15) is 0 Å². The van der Waals surface area contributed by atoms with Gasteiger partial charge in [0.15, 0.2) is 6.61 Å². The number of nitrogens with one attached hydrogen (secondary N) is 1. The monoisotopic (exact) mass is 411 g/mol. The molecule has 2 aromatic heterocycles. The number of aromatic nitrogens is 2. The molecule has 0 fully saturated rings. The van der Waals surface area contributed by atoms with Gasteiger partial charge in [0.05, 0.1) is 24.8 Å². The number of benzene rings is 1. The Morgan fingerprint density at radius 3 is 2.72 bits per heavy atom. The number of amides is 2. The zero-order chi connectivity index (χ0) is 20.6. The number of ether oxygens (including phenoxy) is 2. The molecule has 0 aliphatic rings. The summed E-state index contributed by atoms with van der Waals surface area (Å²) in [4.78, 5) is 44.4. The van der Waals surface area contributed by atoms with Gasteiger partial charge < -0.3 is 9.47 Å². The normalized spacial score (nSPS) is 10.2. The van der Waals surface area contributed by atoms with E-state index in [4.69, 9.17) is 9.47 Å². The fraction of sp³-hybridized carbons (Fsp3) is 0.150. The number of carbonyl (C=O) groups is 3. The molecule has 2 heterocycles. The first-order valence-electron chi connectivity index (χ1n) is 8.54. The van der Waals surface area contributed by atoms with Gasteiger partial charge in [-0.1, -0.05) is 12.1 Å². The molecule has 29 heavy (non-hydrogen) atoms. The van der Waals surface area contributed by atoms with Gasteiger partial charge in [-0.25, -0.2) is 4.98 Å². The van der Waals surface area contributed by atoms with E-state index >= 15 is 0 Å². The van der Waals surface area contributed by atoms with Crippen LogP contribution >= 0.6 is 11.3 Å². The number of thiazole rings is 1. The van der Waals surface area contributed by atoms with Crippen LogP contribution in [0.2, 0.25) is 0 Å². The van der Waals surface area contributed by atoms with Crippen LogP contribution in [0.5, 0.6) is 5.75 Å². The second-order valence-electron chi connectivity index (χ2n) is 5.80. The third-order valence-electron chi connectivity index (χ3n) is 3.75. The van der Waals surface area contributed by atoms with Crippen LogP contribution in [0.25, 0.3) is 10.6 Å². The average Bonchev–Trinajstić information content (AvgIpc) is 3.21. The van der Waals surface area contributed by atoms with Crippen molar-refractivity contribution in [3.63, 3.8) is 0 Å². The molecule has 2 amide bonds. The highest BCUT2D eigenvalue weighted by Gasteiger charge is 2.16. The van der Waals surface area contributed by atoms with Gasteiger partial charge in [0.1, 0.15) is 10.8 Å². The minimum Gasteiger partial charge on any atom is -0.496 e. The molecule has 0 atom stereocenters. The Morgan fingerprint density at radius 2 is 1.97 bits per heavy atom. The van der Waals surface area contributed by atoms with Gasteiger partial charge >= 0.3 is 5.97 Å². The van der Waals surface area contributed by atoms with E-state index in [1.165, 1.54) is 24.5 Å². The number of imide groups is 1. The van der Waals surface area contributed by atoms with Crippen molar-refractivity contribution < 1.29 is 23.9 Å². The SMILES string of the molecule is COc1ccccc1C(=O)NC(=O)COC(=O)Cc1csc(-c2cccnc2)n1. The fourth-order valence-corrected chi connectivity index (χ4v) is 3.23. The first kappa shape index (κ1) is 20.2. The fourth-order valence-electron chi connectivity index (χ4n) is 2.42. The Balaban J connectivity index is 1.49. The quantitative estimate of drug-likeness (QED) is 0.594. The molecule has 0 radical (unpaired) electrons. The second kappa shape index (κ2) is 9.56. The minimum absolute atomic E-state index is 0.0789. The lowest BCUT2D eigenvalue weighted by atomic mass is 10.2. The van der Waals surface area contributed by atoms with Crippen molar-refractivity contribution >= 4 is 29.1 Å². The van der Waals surface area contributed by atoms with Crippen LogP contribution in [0, 0.1) is 0 Å². The highest BCUT2D eigenvalue weighted by Crippen LogP contribution is 2.23. The molecule has 0 saturated carbocycles. The molecule has 0 unspecified atom stereocenters. The van der Waals surface area contributed by atoms with Crippen LogP contribution in [0.4, 0.5) is 0 Å². The molecule has 3 rings (SSSR count). The van der Waals surface area contributed by atoms with Crippen molar-refractivity contribution in [2.75, 3.05) is 13.7 Å². The molecule has 0 spiro atoms. The molecule has 1 N–H and O–H groups in total. The van der Waals surface area contributed by atoms with E-state index in [0.717, 1.165) is 10.6 Å². The molecular weight excluding hydrogens is 394 g/mol. The first-order valence-corrected chi connectivity index (χ1v) is 9.42. The van der Waals surface area contributed by atoms with E-state index in [-0.39, 0.29) is 12.0 Å². The summed E-state index contributed by atoms with van der Waals surface area (Å²) in [5.41, 5.74) is 1.59. The predicted molar refractivity (Wildman–Crippen MR) is 105 cm³/mol. The topological polar surface area (TPSA) is 107 Å². The van der Waals surface area contributed by atoms with Crippen LogP contribution in [-0.2, 0) is 20.7 Å². The Labute approximate surface area is 170 Å².